The topological polar surface area (TPSA) is 103 Å². The van der Waals surface area contributed by atoms with E-state index in [-0.39, 0.29) is 17.5 Å². The maximum absolute atomic E-state index is 12.8. The Morgan fingerprint density at radius 2 is 1.60 bits per heavy atom. The first-order valence-corrected chi connectivity index (χ1v) is 12.0. The van der Waals surface area contributed by atoms with Gasteiger partial charge in [0.2, 0.25) is 0 Å². The van der Waals surface area contributed by atoms with E-state index in [1.165, 1.54) is 0 Å². The molecule has 0 aliphatic carbocycles. The number of hydrogen-bond donors (Lipinski definition) is 2. The van der Waals surface area contributed by atoms with Crippen molar-refractivity contribution in [3.05, 3.63) is 58.6 Å². The van der Waals surface area contributed by atoms with Crippen LogP contribution in [0.15, 0.2) is 42.5 Å². The van der Waals surface area contributed by atoms with Crippen LogP contribution < -0.4 is 14.8 Å². The lowest BCUT2D eigenvalue weighted by Crippen LogP contribution is -2.56. The molecule has 1 heterocycles. The third-order valence-electron chi connectivity index (χ3n) is 5.17. The zero-order chi connectivity index (χ0) is 25.8. The molecular formula is C26H32ClNO7. The summed E-state index contributed by atoms with van der Waals surface area (Å²) in [7, 11) is 0. The zero-order valence-electron chi connectivity index (χ0n) is 20.5. The summed E-state index contributed by atoms with van der Waals surface area (Å²) in [5, 5.41) is 14.3. The Morgan fingerprint density at radius 1 is 0.971 bits per heavy atom. The number of carbonyl (C=O) groups excluding carboxylic acids is 2. The number of aliphatic hydroxyl groups excluding tert-OH is 1. The van der Waals surface area contributed by atoms with Crippen LogP contribution in [0.4, 0.5) is 0 Å². The molecule has 9 heteroatoms. The number of nitrogens with one attached hydrogen (secondary N) is 1. The molecule has 2 atom stereocenters. The first-order chi connectivity index (χ1) is 16.5. The van der Waals surface area contributed by atoms with Gasteiger partial charge in [0, 0.05) is 17.6 Å². The molecule has 2 unspecified atom stereocenters. The lowest BCUT2D eigenvalue weighted by Gasteiger charge is -2.25. The highest BCUT2D eigenvalue weighted by Crippen LogP contribution is 2.41. The summed E-state index contributed by atoms with van der Waals surface area (Å²) in [6.45, 7) is 8.99. The van der Waals surface area contributed by atoms with Crippen molar-refractivity contribution in [2.24, 2.45) is 0 Å². The maximum atomic E-state index is 12.8. The number of fused-ring (bicyclic) bond motifs is 1. The van der Waals surface area contributed by atoms with Crippen molar-refractivity contribution in [3.8, 4) is 11.5 Å². The monoisotopic (exact) mass is 505 g/mol. The standard InChI is InChI=1S/C26H32ClNO7/c1-15(2)32-24(30)26(25(31)33-16(3)4)34-22-10-9-18(12-23(22)35-26)11-17(5)28-14-21(29)19-7-6-8-20(27)13-19/h6-10,12-13,15-17,21,28-29H,11,14H2,1-5H3. The second-order valence-corrected chi connectivity index (χ2v) is 9.53. The number of rotatable bonds is 10. The number of benzene rings is 2. The van der Waals surface area contributed by atoms with Gasteiger partial charge in [-0.2, -0.15) is 0 Å². The highest BCUT2D eigenvalue weighted by molar-refractivity contribution is 6.30. The van der Waals surface area contributed by atoms with Gasteiger partial charge in [-0.15, -0.1) is 0 Å². The zero-order valence-corrected chi connectivity index (χ0v) is 21.3. The molecule has 0 bridgehead atoms. The number of esters is 2. The van der Waals surface area contributed by atoms with Crippen molar-refractivity contribution >= 4 is 23.5 Å². The summed E-state index contributed by atoms with van der Waals surface area (Å²) in [5.41, 5.74) is 1.62. The van der Waals surface area contributed by atoms with Gasteiger partial charge in [-0.3, -0.25) is 0 Å². The van der Waals surface area contributed by atoms with Crippen LogP contribution in [0, 0.1) is 0 Å². The third kappa shape index (κ3) is 6.66. The predicted octanol–water partition coefficient (Wildman–Crippen LogP) is 3.96. The molecule has 2 aromatic rings. The molecular weight excluding hydrogens is 474 g/mol. The number of aliphatic hydroxyl groups is 1. The molecule has 0 radical (unpaired) electrons. The van der Waals surface area contributed by atoms with Crippen molar-refractivity contribution in [2.75, 3.05) is 6.54 Å². The largest absolute Gasteiger partial charge is 0.457 e. The van der Waals surface area contributed by atoms with Crippen LogP contribution in [-0.2, 0) is 25.5 Å². The summed E-state index contributed by atoms with van der Waals surface area (Å²) in [6, 6.07) is 12.3. The summed E-state index contributed by atoms with van der Waals surface area (Å²) < 4.78 is 21.9. The third-order valence-corrected chi connectivity index (χ3v) is 5.41. The molecule has 3 rings (SSSR count). The van der Waals surface area contributed by atoms with E-state index in [2.05, 4.69) is 5.32 Å². The summed E-state index contributed by atoms with van der Waals surface area (Å²) in [4.78, 5) is 25.6. The van der Waals surface area contributed by atoms with E-state index in [4.69, 9.17) is 30.5 Å². The minimum atomic E-state index is -2.35. The van der Waals surface area contributed by atoms with E-state index in [1.54, 1.807) is 58.0 Å². The Hall–Kier alpha value is -2.81. The van der Waals surface area contributed by atoms with Gasteiger partial charge in [0.1, 0.15) is 0 Å². The van der Waals surface area contributed by atoms with Gasteiger partial charge in [0.25, 0.3) is 0 Å². The first-order valence-electron chi connectivity index (χ1n) is 11.6. The molecule has 1 aliphatic heterocycles. The molecule has 0 spiro atoms. The van der Waals surface area contributed by atoms with Gasteiger partial charge in [-0.05, 0) is 76.4 Å². The lowest BCUT2D eigenvalue weighted by atomic mass is 10.1. The van der Waals surface area contributed by atoms with E-state index in [0.29, 0.717) is 18.0 Å². The van der Waals surface area contributed by atoms with Crippen molar-refractivity contribution in [1.29, 1.82) is 0 Å². The van der Waals surface area contributed by atoms with Crippen LogP contribution in [0.25, 0.3) is 0 Å². The number of halogens is 1. The molecule has 0 saturated heterocycles. The Balaban J connectivity index is 1.68. The van der Waals surface area contributed by atoms with Gasteiger partial charge in [0.15, 0.2) is 11.5 Å². The van der Waals surface area contributed by atoms with Crippen LogP contribution in [-0.4, -0.2) is 47.6 Å². The fraction of sp³-hybridized carbons (Fsp3) is 0.462. The molecule has 0 aromatic heterocycles. The molecule has 190 valence electrons. The molecule has 0 amide bonds. The fourth-order valence-electron chi connectivity index (χ4n) is 3.58. The lowest BCUT2D eigenvalue weighted by molar-refractivity contribution is -0.207. The second kappa shape index (κ2) is 11.3. The van der Waals surface area contributed by atoms with E-state index in [1.807, 2.05) is 19.1 Å². The van der Waals surface area contributed by atoms with E-state index >= 15 is 0 Å². The Bertz CT molecular complexity index is 1030. The van der Waals surface area contributed by atoms with E-state index in [9.17, 15) is 14.7 Å². The smallest absolute Gasteiger partial charge is 0.453 e. The Kier molecular flexibility index (Phi) is 8.64. The molecule has 2 aromatic carbocycles. The van der Waals surface area contributed by atoms with Crippen molar-refractivity contribution in [1.82, 2.24) is 5.32 Å². The highest BCUT2D eigenvalue weighted by atomic mass is 35.5. The normalized spacial score (nSPS) is 15.7. The van der Waals surface area contributed by atoms with Crippen molar-refractivity contribution in [2.45, 2.75) is 71.2 Å². The van der Waals surface area contributed by atoms with Gasteiger partial charge >= 0.3 is 17.7 Å². The number of ether oxygens (including phenoxy) is 4. The number of hydrogen-bond acceptors (Lipinski definition) is 8. The quantitative estimate of drug-likeness (QED) is 0.369. The highest BCUT2D eigenvalue weighted by Gasteiger charge is 2.60. The van der Waals surface area contributed by atoms with Gasteiger partial charge < -0.3 is 29.4 Å². The van der Waals surface area contributed by atoms with Crippen molar-refractivity contribution < 1.29 is 33.6 Å². The second-order valence-electron chi connectivity index (χ2n) is 9.09. The molecule has 35 heavy (non-hydrogen) atoms. The van der Waals surface area contributed by atoms with Crippen LogP contribution in [0.3, 0.4) is 0 Å². The van der Waals surface area contributed by atoms with Crippen LogP contribution in [0.2, 0.25) is 5.02 Å². The van der Waals surface area contributed by atoms with Crippen LogP contribution in [0.1, 0.15) is 51.8 Å². The number of carbonyl (C=O) groups is 2. The average molecular weight is 506 g/mol. The van der Waals surface area contributed by atoms with E-state index < -0.39 is 36.0 Å². The average Bonchev–Trinajstić information content (AvgIpc) is 3.17. The molecule has 2 N–H and O–H groups in total. The molecule has 1 aliphatic rings. The summed E-state index contributed by atoms with van der Waals surface area (Å²) >= 11 is 6.00. The minimum Gasteiger partial charge on any atom is -0.457 e. The Morgan fingerprint density at radius 3 is 2.20 bits per heavy atom. The molecule has 0 fully saturated rings. The van der Waals surface area contributed by atoms with Crippen LogP contribution >= 0.6 is 11.6 Å². The van der Waals surface area contributed by atoms with Gasteiger partial charge in [-0.25, -0.2) is 9.59 Å². The fourth-order valence-corrected chi connectivity index (χ4v) is 3.78. The Labute approximate surface area is 210 Å². The molecule has 0 saturated carbocycles. The minimum absolute atomic E-state index is 0.00535. The van der Waals surface area contributed by atoms with Crippen LogP contribution in [0.5, 0.6) is 11.5 Å². The summed E-state index contributed by atoms with van der Waals surface area (Å²) in [6.07, 6.45) is -1.06. The first kappa shape index (κ1) is 26.8. The SMILES string of the molecule is CC(Cc1ccc2c(c1)OC(C(=O)OC(C)C)(C(=O)OC(C)C)O2)NCC(O)c1cccc(Cl)c1. The van der Waals surface area contributed by atoms with Gasteiger partial charge in [-0.1, -0.05) is 29.8 Å². The summed E-state index contributed by atoms with van der Waals surface area (Å²) in [5.74, 6) is -3.80. The van der Waals surface area contributed by atoms with Crippen molar-refractivity contribution in [3.63, 3.8) is 0 Å². The predicted molar refractivity (Wildman–Crippen MR) is 130 cm³/mol. The van der Waals surface area contributed by atoms with Gasteiger partial charge in [0.05, 0.1) is 18.3 Å². The van der Waals surface area contributed by atoms with E-state index in [0.717, 1.165) is 11.1 Å². The molecule has 8 nitrogen and oxygen atoms in total. The maximum Gasteiger partial charge on any atom is 0.453 e.